The van der Waals surface area contributed by atoms with Crippen LogP contribution in [0.2, 0.25) is 5.28 Å². The number of nitrogens with zero attached hydrogens (tertiary/aromatic N) is 4. The van der Waals surface area contributed by atoms with Crippen molar-refractivity contribution in [3.63, 3.8) is 0 Å². The molecule has 4 rings (SSSR count). The van der Waals surface area contributed by atoms with E-state index in [-0.39, 0.29) is 17.0 Å². The fourth-order valence-corrected chi connectivity index (χ4v) is 7.67. The number of hydrogen-bond acceptors (Lipinski definition) is 9. The van der Waals surface area contributed by atoms with Gasteiger partial charge in [-0.25, -0.2) is 8.42 Å². The zero-order valence-electron chi connectivity index (χ0n) is 19.3. The van der Waals surface area contributed by atoms with Gasteiger partial charge in [-0.1, -0.05) is 30.3 Å². The number of aromatic nitrogens is 3. The van der Waals surface area contributed by atoms with Crippen molar-refractivity contribution in [1.29, 1.82) is 0 Å². The summed E-state index contributed by atoms with van der Waals surface area (Å²) in [4.78, 5) is 28.6. The second kappa shape index (κ2) is 9.99. The highest BCUT2D eigenvalue weighted by atomic mass is 35.5. The molecule has 0 saturated carbocycles. The Bertz CT molecular complexity index is 1400. The van der Waals surface area contributed by atoms with E-state index in [0.717, 1.165) is 5.56 Å². The van der Waals surface area contributed by atoms with E-state index in [2.05, 4.69) is 9.97 Å². The monoisotopic (exact) mass is 560 g/mol. The van der Waals surface area contributed by atoms with Gasteiger partial charge in [0.15, 0.2) is 21.6 Å². The first-order chi connectivity index (χ1) is 16.8. The standard InChI is InChI=1S/C21H26ClN4O8PS/c1-12(13-6-4-3-5-7-13)25(2)18-14-8-9-26(19(14)24-21(22)23-18)20-17(28)16(27)15(34-20)10-36(32,33)11-35(29,30)31/h3-9,12,15-17,20,27-28H,10-11H2,1-2H3,(H2,29,30,31)/t12-,15?,16-,17-,20-/m1/s1. The lowest BCUT2D eigenvalue weighted by Crippen LogP contribution is -2.35. The van der Waals surface area contributed by atoms with E-state index in [0.29, 0.717) is 11.2 Å². The molecule has 15 heteroatoms. The number of fused-ring (bicyclic) bond motifs is 1. The molecule has 1 fully saturated rings. The lowest BCUT2D eigenvalue weighted by atomic mass is 10.1. The molecule has 1 aromatic carbocycles. The zero-order valence-corrected chi connectivity index (χ0v) is 21.8. The SMILES string of the molecule is C[C@H](c1ccccc1)N(C)c1nc(Cl)nc2c1ccn2[C@@H]1OC(CS(=O)(=O)CP(=O)(O)O)[C@@H](O)[C@H]1O. The van der Waals surface area contributed by atoms with Crippen molar-refractivity contribution in [2.75, 3.05) is 23.2 Å². The van der Waals surface area contributed by atoms with Crippen molar-refractivity contribution in [3.8, 4) is 0 Å². The predicted octanol–water partition coefficient (Wildman–Crippen LogP) is 1.45. The predicted molar refractivity (Wildman–Crippen MR) is 132 cm³/mol. The normalized spacial score (nSPS) is 23.8. The van der Waals surface area contributed by atoms with Gasteiger partial charge in [0.1, 0.15) is 29.8 Å². The van der Waals surface area contributed by atoms with Crippen LogP contribution in [0.5, 0.6) is 0 Å². The Labute approximate surface area is 212 Å². The number of benzene rings is 1. The molecule has 12 nitrogen and oxygen atoms in total. The van der Waals surface area contributed by atoms with Crippen LogP contribution in [0, 0.1) is 0 Å². The Balaban J connectivity index is 1.65. The maximum absolute atomic E-state index is 12.2. The number of halogens is 1. The quantitative estimate of drug-likeness (QED) is 0.232. The van der Waals surface area contributed by atoms with Gasteiger partial charge in [0.2, 0.25) is 5.28 Å². The van der Waals surface area contributed by atoms with Gasteiger partial charge in [0, 0.05) is 13.2 Å². The summed E-state index contributed by atoms with van der Waals surface area (Å²) in [7, 11) is -7.30. The molecule has 36 heavy (non-hydrogen) atoms. The highest BCUT2D eigenvalue weighted by Gasteiger charge is 2.46. The summed E-state index contributed by atoms with van der Waals surface area (Å²) >= 11 is 6.23. The lowest BCUT2D eigenvalue weighted by molar-refractivity contribution is -0.0288. The summed E-state index contributed by atoms with van der Waals surface area (Å²) < 4.78 is 42.6. The van der Waals surface area contributed by atoms with Crippen molar-refractivity contribution in [3.05, 3.63) is 53.4 Å². The van der Waals surface area contributed by atoms with Gasteiger partial charge in [-0.2, -0.15) is 9.97 Å². The third kappa shape index (κ3) is 5.58. The molecule has 4 N–H and O–H groups in total. The molecule has 2 aromatic heterocycles. The Hall–Kier alpha value is -2.09. The molecule has 5 atom stereocenters. The Morgan fingerprint density at radius 2 is 1.83 bits per heavy atom. The molecule has 0 radical (unpaired) electrons. The first-order valence-electron chi connectivity index (χ1n) is 10.9. The highest BCUT2D eigenvalue weighted by Crippen LogP contribution is 2.39. The van der Waals surface area contributed by atoms with E-state index in [1.54, 1.807) is 12.3 Å². The van der Waals surface area contributed by atoms with Crippen LogP contribution in [0.1, 0.15) is 24.8 Å². The van der Waals surface area contributed by atoms with Crippen molar-refractivity contribution >= 4 is 45.9 Å². The fraction of sp³-hybridized carbons (Fsp3) is 0.429. The van der Waals surface area contributed by atoms with Crippen LogP contribution in [-0.2, 0) is 19.1 Å². The number of rotatable bonds is 8. The minimum absolute atomic E-state index is 0.0710. The minimum atomic E-state index is -4.86. The van der Waals surface area contributed by atoms with Gasteiger partial charge in [-0.15, -0.1) is 0 Å². The zero-order chi connectivity index (χ0) is 26.4. The van der Waals surface area contributed by atoms with Crippen LogP contribution in [0.25, 0.3) is 11.0 Å². The number of aliphatic hydroxyl groups excluding tert-OH is 2. The molecule has 3 aromatic rings. The second-order valence-electron chi connectivity index (χ2n) is 8.72. The molecule has 1 aliphatic heterocycles. The molecule has 0 amide bonds. The van der Waals surface area contributed by atoms with Gasteiger partial charge in [0.25, 0.3) is 0 Å². The number of aliphatic hydroxyl groups is 2. The van der Waals surface area contributed by atoms with Crippen molar-refractivity contribution in [2.45, 2.75) is 37.5 Å². The van der Waals surface area contributed by atoms with E-state index in [1.165, 1.54) is 4.57 Å². The van der Waals surface area contributed by atoms with E-state index >= 15 is 0 Å². The molecule has 0 bridgehead atoms. The maximum atomic E-state index is 12.2. The average Bonchev–Trinajstić information content (AvgIpc) is 3.32. The van der Waals surface area contributed by atoms with Crippen LogP contribution in [-0.4, -0.2) is 79.6 Å². The van der Waals surface area contributed by atoms with Crippen molar-refractivity contribution < 1.29 is 37.7 Å². The van der Waals surface area contributed by atoms with Gasteiger partial charge in [0.05, 0.1) is 17.2 Å². The van der Waals surface area contributed by atoms with Crippen LogP contribution in [0.4, 0.5) is 5.82 Å². The molecule has 196 valence electrons. The van der Waals surface area contributed by atoms with Crippen LogP contribution in [0.15, 0.2) is 42.6 Å². The minimum Gasteiger partial charge on any atom is -0.387 e. The van der Waals surface area contributed by atoms with E-state index in [9.17, 15) is 23.2 Å². The van der Waals surface area contributed by atoms with Gasteiger partial charge in [-0.3, -0.25) is 4.57 Å². The smallest absolute Gasteiger partial charge is 0.340 e. The molecule has 3 heterocycles. The number of anilines is 1. The molecule has 0 spiro atoms. The van der Waals surface area contributed by atoms with Gasteiger partial charge in [-0.05, 0) is 30.2 Å². The number of hydrogen-bond donors (Lipinski definition) is 4. The van der Waals surface area contributed by atoms with Gasteiger partial charge < -0.3 is 34.2 Å². The lowest BCUT2D eigenvalue weighted by Gasteiger charge is -2.27. The Kier molecular flexibility index (Phi) is 7.48. The number of sulfone groups is 1. The first kappa shape index (κ1) is 27.0. The Morgan fingerprint density at radius 1 is 1.17 bits per heavy atom. The van der Waals surface area contributed by atoms with E-state index < -0.39 is 53.2 Å². The van der Waals surface area contributed by atoms with Crippen LogP contribution < -0.4 is 4.90 Å². The summed E-state index contributed by atoms with van der Waals surface area (Å²) in [5.41, 5.74) is -0.0656. The van der Waals surface area contributed by atoms with E-state index in [1.807, 2.05) is 49.2 Å². The third-order valence-corrected chi connectivity index (χ3v) is 10.0. The summed E-state index contributed by atoms with van der Waals surface area (Å²) in [6, 6.07) is 11.4. The molecule has 1 unspecified atom stereocenters. The van der Waals surface area contributed by atoms with Crippen molar-refractivity contribution in [1.82, 2.24) is 14.5 Å². The molecule has 1 saturated heterocycles. The maximum Gasteiger partial charge on any atom is 0.340 e. The summed E-state index contributed by atoms with van der Waals surface area (Å²) in [6.07, 6.45) is -4.28. The molecule has 0 aliphatic carbocycles. The third-order valence-electron chi connectivity index (χ3n) is 6.12. The van der Waals surface area contributed by atoms with E-state index in [4.69, 9.17) is 26.1 Å². The first-order valence-corrected chi connectivity index (χ1v) is 14.9. The topological polar surface area (TPSA) is 175 Å². The van der Waals surface area contributed by atoms with Crippen LogP contribution in [0.3, 0.4) is 0 Å². The molecule has 1 aliphatic rings. The second-order valence-corrected chi connectivity index (χ2v) is 13.2. The summed E-state index contributed by atoms with van der Waals surface area (Å²) in [5.74, 6) is -0.376. The van der Waals surface area contributed by atoms with Crippen LogP contribution >= 0.6 is 19.2 Å². The van der Waals surface area contributed by atoms with Crippen molar-refractivity contribution in [2.24, 2.45) is 0 Å². The fourth-order valence-electron chi connectivity index (χ4n) is 4.26. The van der Waals surface area contributed by atoms with Gasteiger partial charge >= 0.3 is 7.60 Å². The number of ether oxygens (including phenoxy) is 1. The largest absolute Gasteiger partial charge is 0.387 e. The highest BCUT2D eigenvalue weighted by molar-refractivity contribution is 7.97. The summed E-state index contributed by atoms with van der Waals surface area (Å²) in [6.45, 7) is 2.00. The Morgan fingerprint density at radius 3 is 2.47 bits per heavy atom. The summed E-state index contributed by atoms with van der Waals surface area (Å²) in [5, 5.41) is 21.6. The molecular formula is C21H26ClN4O8PS. The average molecular weight is 561 g/mol. The molecular weight excluding hydrogens is 535 g/mol.